The largest absolute Gasteiger partial charge is 0.481 e. The number of hydrogen-bond donors (Lipinski definition) is 1. The Balaban J connectivity index is 2.91. The molecule has 1 aromatic rings. The third-order valence-corrected chi connectivity index (χ3v) is 2.73. The third-order valence-electron chi connectivity index (χ3n) is 2.73. The molecule has 5 nitrogen and oxygen atoms in total. The van der Waals surface area contributed by atoms with E-state index in [1.807, 2.05) is 38.8 Å². The number of aromatic nitrogens is 2. The maximum absolute atomic E-state index is 10.8. The smallest absolute Gasteiger partial charge is 0.308 e. The zero-order valence-corrected chi connectivity index (χ0v) is 11.6. The van der Waals surface area contributed by atoms with Gasteiger partial charge in [-0.3, -0.25) is 4.79 Å². The molecular weight excluding hydrogens is 230 g/mol. The van der Waals surface area contributed by atoms with E-state index >= 15 is 0 Å². The Bertz CT molecular complexity index is 432. The molecule has 1 unspecified atom stereocenters. The van der Waals surface area contributed by atoms with Crippen molar-refractivity contribution in [1.82, 2.24) is 9.97 Å². The highest BCUT2D eigenvalue weighted by Crippen LogP contribution is 2.17. The molecule has 1 heterocycles. The summed E-state index contributed by atoms with van der Waals surface area (Å²) in [4.78, 5) is 21.6. The van der Waals surface area contributed by atoms with E-state index in [-0.39, 0.29) is 5.92 Å². The van der Waals surface area contributed by atoms with E-state index < -0.39 is 11.9 Å². The molecule has 5 heteroatoms. The lowest BCUT2D eigenvalue weighted by Gasteiger charge is -2.21. The van der Waals surface area contributed by atoms with Gasteiger partial charge in [0.15, 0.2) is 0 Å². The monoisotopic (exact) mass is 251 g/mol. The number of carbonyl (C=O) groups is 1. The van der Waals surface area contributed by atoms with Gasteiger partial charge < -0.3 is 10.0 Å². The van der Waals surface area contributed by atoms with Gasteiger partial charge in [-0.15, -0.1) is 0 Å². The van der Waals surface area contributed by atoms with Crippen molar-refractivity contribution in [3.63, 3.8) is 0 Å². The molecule has 1 atom stereocenters. The average Bonchev–Trinajstić information content (AvgIpc) is 2.27. The Morgan fingerprint density at radius 3 is 2.50 bits per heavy atom. The number of aryl methyl sites for hydroxylation is 1. The van der Waals surface area contributed by atoms with Crippen molar-refractivity contribution in [2.24, 2.45) is 5.92 Å². The van der Waals surface area contributed by atoms with Crippen molar-refractivity contribution >= 4 is 11.8 Å². The minimum absolute atomic E-state index is 0.258. The van der Waals surface area contributed by atoms with Crippen molar-refractivity contribution in [1.29, 1.82) is 0 Å². The number of rotatable bonds is 5. The Hall–Kier alpha value is -1.65. The summed E-state index contributed by atoms with van der Waals surface area (Å²) in [7, 11) is 1.85. The summed E-state index contributed by atoms with van der Waals surface area (Å²) in [5, 5.41) is 8.92. The van der Waals surface area contributed by atoms with Crippen LogP contribution in [0.25, 0.3) is 0 Å². The first kappa shape index (κ1) is 14.4. The van der Waals surface area contributed by atoms with Crippen molar-refractivity contribution in [3.05, 3.63) is 17.6 Å². The van der Waals surface area contributed by atoms with Gasteiger partial charge in [0.2, 0.25) is 0 Å². The van der Waals surface area contributed by atoms with Gasteiger partial charge in [-0.05, 0) is 6.92 Å². The Labute approximate surface area is 108 Å². The van der Waals surface area contributed by atoms with Gasteiger partial charge in [0.25, 0.3) is 0 Å². The fourth-order valence-corrected chi connectivity index (χ4v) is 1.61. The van der Waals surface area contributed by atoms with Crippen LogP contribution in [-0.4, -0.2) is 34.6 Å². The van der Waals surface area contributed by atoms with Crippen LogP contribution in [0.3, 0.4) is 0 Å². The number of carboxylic acids is 1. The lowest BCUT2D eigenvalue weighted by molar-refractivity contribution is -0.140. The van der Waals surface area contributed by atoms with Crippen LogP contribution in [0.15, 0.2) is 6.07 Å². The molecule has 0 aromatic carbocycles. The van der Waals surface area contributed by atoms with E-state index in [9.17, 15) is 4.79 Å². The number of carboxylic acid groups (broad SMARTS) is 1. The summed E-state index contributed by atoms with van der Waals surface area (Å²) in [6.07, 6.45) is 0. The van der Waals surface area contributed by atoms with Crippen LogP contribution in [-0.2, 0) is 4.79 Å². The first-order valence-corrected chi connectivity index (χ1v) is 6.10. The third kappa shape index (κ3) is 3.68. The van der Waals surface area contributed by atoms with Crippen LogP contribution in [0.5, 0.6) is 0 Å². The summed E-state index contributed by atoms with van der Waals surface area (Å²) < 4.78 is 0. The predicted molar refractivity (Wildman–Crippen MR) is 70.9 cm³/mol. The fraction of sp³-hybridized carbons (Fsp3) is 0.615. The van der Waals surface area contributed by atoms with Gasteiger partial charge in [0.1, 0.15) is 11.6 Å². The number of anilines is 1. The molecule has 0 aliphatic heterocycles. The molecule has 1 aromatic heterocycles. The number of hydrogen-bond acceptors (Lipinski definition) is 4. The summed E-state index contributed by atoms with van der Waals surface area (Å²) in [6, 6.07) is 1.88. The van der Waals surface area contributed by atoms with Crippen molar-refractivity contribution in [2.45, 2.75) is 33.6 Å². The van der Waals surface area contributed by atoms with Crippen LogP contribution in [0, 0.1) is 12.8 Å². The summed E-state index contributed by atoms with van der Waals surface area (Å²) in [6.45, 7) is 8.13. The second kappa shape index (κ2) is 5.80. The van der Waals surface area contributed by atoms with E-state index in [1.165, 1.54) is 0 Å². The summed E-state index contributed by atoms with van der Waals surface area (Å²) in [5.74, 6) is 0.609. The second-order valence-corrected chi connectivity index (χ2v) is 5.00. The van der Waals surface area contributed by atoms with E-state index in [4.69, 9.17) is 5.11 Å². The molecule has 0 aliphatic rings. The molecule has 0 radical (unpaired) electrons. The molecule has 1 N–H and O–H groups in total. The molecule has 0 spiro atoms. The van der Waals surface area contributed by atoms with Crippen molar-refractivity contribution < 1.29 is 9.90 Å². The Kier molecular flexibility index (Phi) is 4.64. The minimum Gasteiger partial charge on any atom is -0.481 e. The van der Waals surface area contributed by atoms with Crippen molar-refractivity contribution in [3.8, 4) is 0 Å². The SMILES string of the molecule is Cc1cc(N(C)CC(C)C(=O)O)nc(C(C)C)n1. The van der Waals surface area contributed by atoms with Gasteiger partial charge >= 0.3 is 5.97 Å². The molecule has 1 rings (SSSR count). The standard InChI is InChI=1S/C13H21N3O2/c1-8(2)12-14-10(4)6-11(15-12)16(5)7-9(3)13(17)18/h6,8-9H,7H2,1-5H3,(H,17,18). The first-order valence-electron chi connectivity index (χ1n) is 6.10. The van der Waals surface area contributed by atoms with Crippen molar-refractivity contribution in [2.75, 3.05) is 18.5 Å². The van der Waals surface area contributed by atoms with Gasteiger partial charge in [-0.25, -0.2) is 9.97 Å². The van der Waals surface area contributed by atoms with Crippen LogP contribution in [0.2, 0.25) is 0 Å². The molecule has 0 saturated heterocycles. The molecule has 0 bridgehead atoms. The first-order chi connectivity index (χ1) is 8.31. The van der Waals surface area contributed by atoms with Crippen LogP contribution >= 0.6 is 0 Å². The molecule has 0 amide bonds. The van der Waals surface area contributed by atoms with E-state index in [0.29, 0.717) is 6.54 Å². The fourth-order valence-electron chi connectivity index (χ4n) is 1.61. The second-order valence-electron chi connectivity index (χ2n) is 5.00. The van der Waals surface area contributed by atoms with Gasteiger partial charge in [0, 0.05) is 31.3 Å². The molecule has 0 saturated carbocycles. The highest BCUT2D eigenvalue weighted by molar-refractivity contribution is 5.70. The Morgan fingerprint density at radius 1 is 1.39 bits per heavy atom. The average molecular weight is 251 g/mol. The summed E-state index contributed by atoms with van der Waals surface area (Å²) in [5.41, 5.74) is 0.901. The highest BCUT2D eigenvalue weighted by atomic mass is 16.4. The minimum atomic E-state index is -0.795. The normalized spacial score (nSPS) is 12.6. The number of nitrogens with zero attached hydrogens (tertiary/aromatic N) is 3. The number of aliphatic carboxylic acids is 1. The summed E-state index contributed by atoms with van der Waals surface area (Å²) >= 11 is 0. The van der Waals surface area contributed by atoms with Crippen LogP contribution < -0.4 is 4.90 Å². The maximum atomic E-state index is 10.8. The lowest BCUT2D eigenvalue weighted by Crippen LogP contribution is -2.29. The molecule has 100 valence electrons. The molecule has 18 heavy (non-hydrogen) atoms. The van der Waals surface area contributed by atoms with Crippen LogP contribution in [0.4, 0.5) is 5.82 Å². The van der Waals surface area contributed by atoms with E-state index in [0.717, 1.165) is 17.3 Å². The van der Waals surface area contributed by atoms with Gasteiger partial charge in [-0.2, -0.15) is 0 Å². The Morgan fingerprint density at radius 2 is 2.00 bits per heavy atom. The lowest BCUT2D eigenvalue weighted by atomic mass is 10.1. The molecular formula is C13H21N3O2. The highest BCUT2D eigenvalue weighted by Gasteiger charge is 2.16. The predicted octanol–water partition coefficient (Wildman–Crippen LogP) is 2.07. The quantitative estimate of drug-likeness (QED) is 0.867. The van der Waals surface area contributed by atoms with E-state index in [1.54, 1.807) is 6.92 Å². The maximum Gasteiger partial charge on any atom is 0.308 e. The van der Waals surface area contributed by atoms with E-state index in [2.05, 4.69) is 9.97 Å². The molecule has 0 aliphatic carbocycles. The van der Waals surface area contributed by atoms with Gasteiger partial charge in [-0.1, -0.05) is 20.8 Å². The zero-order valence-electron chi connectivity index (χ0n) is 11.6. The molecule has 0 fully saturated rings. The van der Waals surface area contributed by atoms with Gasteiger partial charge in [0.05, 0.1) is 5.92 Å². The van der Waals surface area contributed by atoms with Crippen LogP contribution in [0.1, 0.15) is 38.2 Å². The zero-order chi connectivity index (χ0) is 13.9. The topological polar surface area (TPSA) is 66.3 Å².